The van der Waals surface area contributed by atoms with E-state index in [4.69, 9.17) is 16.3 Å². The van der Waals surface area contributed by atoms with Crippen LogP contribution in [0.15, 0.2) is 5.38 Å². The fraction of sp³-hybridized carbons (Fsp3) is 0.667. The lowest BCUT2D eigenvalue weighted by atomic mass is 10.0. The second kappa shape index (κ2) is 4.40. The molecule has 1 fully saturated rings. The van der Waals surface area contributed by atoms with Gasteiger partial charge in [-0.2, -0.15) is 0 Å². The smallest absolute Gasteiger partial charge is 0.0982 e. The first-order chi connectivity index (χ1) is 6.40. The molecule has 72 valence electrons. The average Bonchev–Trinajstić information content (AvgIpc) is 2.67. The predicted octanol–water partition coefficient (Wildman–Crippen LogP) is 2.78. The van der Waals surface area contributed by atoms with Crippen molar-refractivity contribution in [2.45, 2.75) is 24.6 Å². The molecule has 1 aromatic heterocycles. The lowest BCUT2D eigenvalue weighted by Gasteiger charge is -2.19. The van der Waals surface area contributed by atoms with E-state index in [-0.39, 0.29) is 0 Å². The Balaban J connectivity index is 2.05. The Kier molecular flexibility index (Phi) is 3.19. The monoisotopic (exact) mass is 217 g/mol. The molecule has 1 aliphatic heterocycles. The highest BCUT2D eigenvalue weighted by atomic mass is 35.5. The van der Waals surface area contributed by atoms with Gasteiger partial charge in [-0.15, -0.1) is 22.9 Å². The molecule has 1 aromatic rings. The number of alkyl halides is 1. The van der Waals surface area contributed by atoms with Crippen molar-refractivity contribution in [1.82, 2.24) is 4.98 Å². The van der Waals surface area contributed by atoms with Crippen LogP contribution in [0, 0.1) is 0 Å². The Labute approximate surface area is 86.9 Å². The lowest BCUT2D eigenvalue weighted by molar-refractivity contribution is 0.0803. The van der Waals surface area contributed by atoms with Crippen LogP contribution in [0.5, 0.6) is 0 Å². The largest absolute Gasteiger partial charge is 0.381 e. The Morgan fingerprint density at radius 1 is 1.69 bits per heavy atom. The third kappa shape index (κ3) is 2.22. The first kappa shape index (κ1) is 9.44. The highest BCUT2D eigenvalue weighted by Gasteiger charge is 2.18. The van der Waals surface area contributed by atoms with E-state index in [0.717, 1.165) is 25.3 Å². The minimum absolute atomic E-state index is 0.510. The molecule has 0 aromatic carbocycles. The first-order valence-electron chi connectivity index (χ1n) is 4.48. The van der Waals surface area contributed by atoms with E-state index >= 15 is 0 Å². The summed E-state index contributed by atoms with van der Waals surface area (Å²) in [6, 6.07) is 0. The van der Waals surface area contributed by atoms with E-state index in [1.165, 1.54) is 11.4 Å². The summed E-state index contributed by atoms with van der Waals surface area (Å²) in [5, 5.41) is 3.23. The Hall–Kier alpha value is -0.120. The van der Waals surface area contributed by atoms with Crippen molar-refractivity contribution < 1.29 is 4.74 Å². The quantitative estimate of drug-likeness (QED) is 0.711. The summed E-state index contributed by atoms with van der Waals surface area (Å²) in [6.07, 6.45) is 2.36. The van der Waals surface area contributed by atoms with Gasteiger partial charge in [0.15, 0.2) is 0 Å². The predicted molar refractivity (Wildman–Crippen MR) is 54.5 cm³/mol. The SMILES string of the molecule is ClCc1csc(C2CCCOC2)n1. The summed E-state index contributed by atoms with van der Waals surface area (Å²) in [6.45, 7) is 1.74. The van der Waals surface area contributed by atoms with Gasteiger partial charge in [0.05, 0.1) is 23.2 Å². The van der Waals surface area contributed by atoms with Crippen LogP contribution in [0.3, 0.4) is 0 Å². The van der Waals surface area contributed by atoms with Crippen molar-refractivity contribution in [3.8, 4) is 0 Å². The van der Waals surface area contributed by atoms with Gasteiger partial charge in [0, 0.05) is 17.9 Å². The second-order valence-electron chi connectivity index (χ2n) is 3.22. The maximum absolute atomic E-state index is 5.69. The number of hydrogen-bond donors (Lipinski definition) is 0. The summed E-state index contributed by atoms with van der Waals surface area (Å²) in [5.74, 6) is 1.03. The van der Waals surface area contributed by atoms with Gasteiger partial charge in [0.1, 0.15) is 0 Å². The molecular formula is C9H12ClNOS. The normalized spacial score (nSPS) is 23.3. The number of thiazole rings is 1. The summed E-state index contributed by atoms with van der Waals surface area (Å²) in [5.41, 5.74) is 0.993. The standard InChI is InChI=1S/C9H12ClNOS/c10-4-8-6-13-9(11-8)7-2-1-3-12-5-7/h6-7H,1-5H2. The van der Waals surface area contributed by atoms with Crippen LogP contribution in [0.4, 0.5) is 0 Å². The third-order valence-electron chi connectivity index (χ3n) is 2.22. The van der Waals surface area contributed by atoms with Gasteiger partial charge in [-0.3, -0.25) is 0 Å². The number of rotatable bonds is 2. The van der Waals surface area contributed by atoms with Crippen molar-refractivity contribution in [2.75, 3.05) is 13.2 Å². The molecule has 13 heavy (non-hydrogen) atoms. The topological polar surface area (TPSA) is 22.1 Å². The van der Waals surface area contributed by atoms with Crippen LogP contribution in [-0.2, 0) is 10.6 Å². The van der Waals surface area contributed by atoms with Crippen molar-refractivity contribution in [2.24, 2.45) is 0 Å². The highest BCUT2D eigenvalue weighted by Crippen LogP contribution is 2.28. The molecule has 1 unspecified atom stereocenters. The molecule has 0 spiro atoms. The van der Waals surface area contributed by atoms with E-state index < -0.39 is 0 Å². The average molecular weight is 218 g/mol. The van der Waals surface area contributed by atoms with Crippen molar-refractivity contribution in [3.63, 3.8) is 0 Å². The van der Waals surface area contributed by atoms with Crippen LogP contribution < -0.4 is 0 Å². The zero-order valence-electron chi connectivity index (χ0n) is 7.33. The van der Waals surface area contributed by atoms with E-state index in [1.54, 1.807) is 11.3 Å². The van der Waals surface area contributed by atoms with Crippen molar-refractivity contribution in [1.29, 1.82) is 0 Å². The molecule has 0 aliphatic carbocycles. The lowest BCUT2D eigenvalue weighted by Crippen LogP contribution is -2.15. The fourth-order valence-electron chi connectivity index (χ4n) is 1.51. The maximum Gasteiger partial charge on any atom is 0.0982 e. The van der Waals surface area contributed by atoms with Gasteiger partial charge < -0.3 is 4.74 Å². The molecule has 2 nitrogen and oxygen atoms in total. The molecule has 2 heterocycles. The van der Waals surface area contributed by atoms with Crippen LogP contribution in [0.1, 0.15) is 29.5 Å². The molecule has 2 rings (SSSR count). The first-order valence-corrected chi connectivity index (χ1v) is 5.89. The summed E-state index contributed by atoms with van der Waals surface area (Å²) in [7, 11) is 0. The van der Waals surface area contributed by atoms with E-state index in [0.29, 0.717) is 11.8 Å². The number of aromatic nitrogens is 1. The van der Waals surface area contributed by atoms with Gasteiger partial charge in [0.2, 0.25) is 0 Å². The van der Waals surface area contributed by atoms with Crippen LogP contribution >= 0.6 is 22.9 Å². The molecule has 0 amide bonds. The Bertz CT molecular complexity index is 270. The minimum atomic E-state index is 0.510. The summed E-state index contributed by atoms with van der Waals surface area (Å²) >= 11 is 7.40. The molecule has 0 radical (unpaired) electrons. The number of hydrogen-bond acceptors (Lipinski definition) is 3. The minimum Gasteiger partial charge on any atom is -0.381 e. The number of halogens is 1. The Morgan fingerprint density at radius 2 is 2.62 bits per heavy atom. The molecular weight excluding hydrogens is 206 g/mol. The van der Waals surface area contributed by atoms with Crippen LogP contribution in [0.25, 0.3) is 0 Å². The van der Waals surface area contributed by atoms with Gasteiger partial charge >= 0.3 is 0 Å². The van der Waals surface area contributed by atoms with Gasteiger partial charge in [-0.05, 0) is 12.8 Å². The second-order valence-corrected chi connectivity index (χ2v) is 4.38. The zero-order chi connectivity index (χ0) is 9.10. The molecule has 1 atom stereocenters. The molecule has 4 heteroatoms. The van der Waals surface area contributed by atoms with Crippen LogP contribution in [-0.4, -0.2) is 18.2 Å². The van der Waals surface area contributed by atoms with Gasteiger partial charge in [-0.1, -0.05) is 0 Å². The maximum atomic E-state index is 5.69. The molecule has 1 aliphatic rings. The third-order valence-corrected chi connectivity index (χ3v) is 3.55. The molecule has 0 saturated carbocycles. The van der Waals surface area contributed by atoms with Gasteiger partial charge in [0.25, 0.3) is 0 Å². The molecule has 1 saturated heterocycles. The summed E-state index contributed by atoms with van der Waals surface area (Å²) < 4.78 is 5.41. The molecule has 0 bridgehead atoms. The van der Waals surface area contributed by atoms with Gasteiger partial charge in [-0.25, -0.2) is 4.98 Å². The fourth-order valence-corrected chi connectivity index (χ4v) is 2.68. The van der Waals surface area contributed by atoms with Crippen LogP contribution in [0.2, 0.25) is 0 Å². The van der Waals surface area contributed by atoms with Crippen molar-refractivity contribution >= 4 is 22.9 Å². The van der Waals surface area contributed by atoms with Crippen molar-refractivity contribution in [3.05, 3.63) is 16.1 Å². The number of nitrogens with zero attached hydrogens (tertiary/aromatic N) is 1. The summed E-state index contributed by atoms with van der Waals surface area (Å²) in [4.78, 5) is 4.46. The van der Waals surface area contributed by atoms with E-state index in [2.05, 4.69) is 4.98 Å². The highest BCUT2D eigenvalue weighted by molar-refractivity contribution is 7.09. The number of ether oxygens (including phenoxy) is 1. The molecule has 0 N–H and O–H groups in total. The van der Waals surface area contributed by atoms with E-state index in [1.807, 2.05) is 5.38 Å². The zero-order valence-corrected chi connectivity index (χ0v) is 8.90. The van der Waals surface area contributed by atoms with E-state index in [9.17, 15) is 0 Å². The Morgan fingerprint density at radius 3 is 3.23 bits per heavy atom.